The van der Waals surface area contributed by atoms with E-state index >= 15 is 0 Å². The van der Waals surface area contributed by atoms with Crippen LogP contribution in [0.1, 0.15) is 11.1 Å². The molecule has 3 aromatic rings. The molecule has 3 rings (SSSR count). The predicted molar refractivity (Wildman–Crippen MR) is 128 cm³/mol. The van der Waals surface area contributed by atoms with Crippen LogP contribution in [0.3, 0.4) is 0 Å². The summed E-state index contributed by atoms with van der Waals surface area (Å²) in [4.78, 5) is 13.0. The van der Waals surface area contributed by atoms with Gasteiger partial charge in [-0.1, -0.05) is 43.0 Å². The Morgan fingerprint density at radius 1 is 1.03 bits per heavy atom. The fourth-order valence-electron chi connectivity index (χ4n) is 3.13. The largest absolute Gasteiger partial charge is 0.490 e. The summed E-state index contributed by atoms with van der Waals surface area (Å²) in [6, 6.07) is 20.5. The van der Waals surface area contributed by atoms with E-state index in [0.29, 0.717) is 23.7 Å². The van der Waals surface area contributed by atoms with Crippen LogP contribution in [0.4, 0.5) is 11.4 Å². The summed E-state index contributed by atoms with van der Waals surface area (Å²) >= 11 is 0. The summed E-state index contributed by atoms with van der Waals surface area (Å²) in [5, 5.41) is 2.76. The summed E-state index contributed by atoms with van der Waals surface area (Å²) < 4.78 is 33.5. The van der Waals surface area contributed by atoms with Crippen molar-refractivity contribution in [2.45, 2.75) is 18.7 Å². The van der Waals surface area contributed by atoms with Crippen molar-refractivity contribution in [1.82, 2.24) is 0 Å². The molecule has 1 amide bonds. The van der Waals surface area contributed by atoms with Gasteiger partial charge in [0, 0.05) is 5.69 Å². The molecule has 0 aliphatic heterocycles. The van der Waals surface area contributed by atoms with Crippen LogP contribution in [0, 0.1) is 13.8 Å². The minimum Gasteiger partial charge on any atom is -0.490 e. The van der Waals surface area contributed by atoms with Gasteiger partial charge in [0.05, 0.1) is 10.6 Å². The van der Waals surface area contributed by atoms with Gasteiger partial charge in [-0.05, 0) is 67.4 Å². The van der Waals surface area contributed by atoms with Gasteiger partial charge < -0.3 is 10.1 Å². The van der Waals surface area contributed by atoms with E-state index in [4.69, 9.17) is 4.74 Å². The first-order valence-electron chi connectivity index (χ1n) is 10.1. The normalized spacial score (nSPS) is 10.9. The molecule has 32 heavy (non-hydrogen) atoms. The Balaban J connectivity index is 1.88. The summed E-state index contributed by atoms with van der Waals surface area (Å²) in [7, 11) is -3.95. The van der Waals surface area contributed by atoms with Crippen LogP contribution in [0.2, 0.25) is 0 Å². The van der Waals surface area contributed by atoms with Gasteiger partial charge in [-0.3, -0.25) is 9.10 Å². The first-order chi connectivity index (χ1) is 15.3. The highest BCUT2D eigenvalue weighted by molar-refractivity contribution is 7.92. The maximum Gasteiger partial charge on any atom is 0.264 e. The predicted octanol–water partition coefficient (Wildman–Crippen LogP) is 4.70. The number of nitrogens with one attached hydrogen (secondary N) is 1. The van der Waals surface area contributed by atoms with Gasteiger partial charge in [-0.2, -0.15) is 0 Å². The Morgan fingerprint density at radius 2 is 1.72 bits per heavy atom. The van der Waals surface area contributed by atoms with Crippen LogP contribution in [0.5, 0.6) is 5.75 Å². The molecule has 0 bridgehead atoms. The average Bonchev–Trinajstić information content (AvgIpc) is 2.79. The zero-order valence-corrected chi connectivity index (χ0v) is 18.9. The molecule has 0 spiro atoms. The van der Waals surface area contributed by atoms with Gasteiger partial charge in [0.15, 0.2) is 0 Å². The fourth-order valence-corrected chi connectivity index (χ4v) is 4.63. The molecule has 0 fully saturated rings. The van der Waals surface area contributed by atoms with Gasteiger partial charge in [0.2, 0.25) is 5.91 Å². The minimum absolute atomic E-state index is 0.123. The zero-order valence-electron chi connectivity index (χ0n) is 18.1. The molecule has 166 valence electrons. The maximum atomic E-state index is 13.5. The van der Waals surface area contributed by atoms with Crippen molar-refractivity contribution in [3.8, 4) is 5.75 Å². The Hall–Kier alpha value is -3.58. The number of amides is 1. The molecule has 3 aromatic carbocycles. The van der Waals surface area contributed by atoms with Crippen molar-refractivity contribution < 1.29 is 17.9 Å². The van der Waals surface area contributed by atoms with Crippen molar-refractivity contribution in [3.05, 3.63) is 96.6 Å². The summed E-state index contributed by atoms with van der Waals surface area (Å²) in [6.07, 6.45) is 1.64. The minimum atomic E-state index is -3.95. The Labute approximate surface area is 189 Å². The third kappa shape index (κ3) is 5.56. The molecule has 1 N–H and O–H groups in total. The number of ether oxygens (including phenoxy) is 1. The molecule has 0 unspecified atom stereocenters. The summed E-state index contributed by atoms with van der Waals surface area (Å²) in [5.74, 6) is 0.191. The van der Waals surface area contributed by atoms with Crippen molar-refractivity contribution >= 4 is 27.3 Å². The Morgan fingerprint density at radius 3 is 2.38 bits per heavy atom. The standard InChI is InChI=1S/C25H26N2O4S/c1-4-16-31-22-14-12-21(13-15-22)26-25(28)18-27(24-17-19(2)10-11-20(24)3)32(29,30)23-8-6-5-7-9-23/h4-15,17H,1,16,18H2,2-3H3,(H,26,28). The molecule has 0 heterocycles. The second-order valence-electron chi connectivity index (χ2n) is 7.29. The molecule has 6 nitrogen and oxygen atoms in total. The molecule has 7 heteroatoms. The van der Waals surface area contributed by atoms with E-state index in [0.717, 1.165) is 15.4 Å². The van der Waals surface area contributed by atoms with Gasteiger partial charge in [0.25, 0.3) is 10.0 Å². The van der Waals surface area contributed by atoms with Crippen molar-refractivity contribution in [2.24, 2.45) is 0 Å². The molecular weight excluding hydrogens is 424 g/mol. The van der Waals surface area contributed by atoms with Gasteiger partial charge in [0.1, 0.15) is 18.9 Å². The van der Waals surface area contributed by atoms with Crippen molar-refractivity contribution in [2.75, 3.05) is 22.8 Å². The van der Waals surface area contributed by atoms with Crippen LogP contribution in [0.25, 0.3) is 0 Å². The van der Waals surface area contributed by atoms with Gasteiger partial charge >= 0.3 is 0 Å². The third-order valence-electron chi connectivity index (χ3n) is 4.76. The van der Waals surface area contributed by atoms with E-state index < -0.39 is 15.9 Å². The van der Waals surface area contributed by atoms with E-state index in [1.807, 2.05) is 26.0 Å². The molecule has 0 saturated heterocycles. The molecule has 0 radical (unpaired) electrons. The monoisotopic (exact) mass is 450 g/mol. The number of benzene rings is 3. The second kappa shape index (κ2) is 10.2. The van der Waals surface area contributed by atoms with Crippen LogP contribution in [0.15, 0.2) is 90.3 Å². The molecule has 0 saturated carbocycles. The van der Waals surface area contributed by atoms with Gasteiger partial charge in [-0.25, -0.2) is 8.42 Å². The van der Waals surface area contributed by atoms with E-state index in [-0.39, 0.29) is 11.4 Å². The van der Waals surface area contributed by atoms with Crippen LogP contribution < -0.4 is 14.4 Å². The highest BCUT2D eigenvalue weighted by Gasteiger charge is 2.28. The van der Waals surface area contributed by atoms with Crippen molar-refractivity contribution in [3.63, 3.8) is 0 Å². The third-order valence-corrected chi connectivity index (χ3v) is 6.53. The van der Waals surface area contributed by atoms with Crippen molar-refractivity contribution in [1.29, 1.82) is 0 Å². The average molecular weight is 451 g/mol. The summed E-state index contributed by atoms with van der Waals surface area (Å²) in [6.45, 7) is 7.32. The number of nitrogens with zero attached hydrogens (tertiary/aromatic N) is 1. The number of hydrogen-bond donors (Lipinski definition) is 1. The van der Waals surface area contributed by atoms with E-state index in [1.165, 1.54) is 12.1 Å². The number of sulfonamides is 1. The first-order valence-corrected chi connectivity index (χ1v) is 11.5. The Kier molecular flexibility index (Phi) is 7.33. The van der Waals surface area contributed by atoms with E-state index in [9.17, 15) is 13.2 Å². The summed E-state index contributed by atoms with van der Waals surface area (Å²) in [5.41, 5.74) is 2.66. The SMILES string of the molecule is C=CCOc1ccc(NC(=O)CN(c2cc(C)ccc2C)S(=O)(=O)c2ccccc2)cc1. The van der Waals surface area contributed by atoms with Gasteiger partial charge in [-0.15, -0.1) is 0 Å². The molecule has 0 atom stereocenters. The molecule has 0 aliphatic rings. The zero-order chi connectivity index (χ0) is 23.1. The smallest absolute Gasteiger partial charge is 0.264 e. The number of aryl methyl sites for hydroxylation is 2. The molecule has 0 aromatic heterocycles. The quantitative estimate of drug-likeness (QED) is 0.480. The lowest BCUT2D eigenvalue weighted by Crippen LogP contribution is -2.38. The number of hydrogen-bond acceptors (Lipinski definition) is 4. The highest BCUT2D eigenvalue weighted by atomic mass is 32.2. The van der Waals surface area contributed by atoms with E-state index in [2.05, 4.69) is 11.9 Å². The second-order valence-corrected chi connectivity index (χ2v) is 9.15. The maximum absolute atomic E-state index is 13.5. The lowest BCUT2D eigenvalue weighted by molar-refractivity contribution is -0.114. The number of anilines is 2. The first kappa shape index (κ1) is 23.1. The number of carbonyl (C=O) groups is 1. The van der Waals surface area contributed by atoms with Crippen LogP contribution >= 0.6 is 0 Å². The highest BCUT2D eigenvalue weighted by Crippen LogP contribution is 2.28. The molecular formula is C25H26N2O4S. The Bertz CT molecular complexity index is 1190. The van der Waals surface area contributed by atoms with E-state index in [1.54, 1.807) is 54.6 Å². The fraction of sp³-hybridized carbons (Fsp3) is 0.160. The van der Waals surface area contributed by atoms with Crippen LogP contribution in [-0.2, 0) is 14.8 Å². The topological polar surface area (TPSA) is 75.7 Å². The molecule has 0 aliphatic carbocycles. The lowest BCUT2D eigenvalue weighted by atomic mass is 10.1. The number of rotatable bonds is 9. The number of carbonyl (C=O) groups excluding carboxylic acids is 1. The van der Waals surface area contributed by atoms with Crippen LogP contribution in [-0.4, -0.2) is 27.5 Å². The lowest BCUT2D eigenvalue weighted by Gasteiger charge is -2.26.